The Kier molecular flexibility index (Phi) is 4.59. The van der Waals surface area contributed by atoms with Gasteiger partial charge >= 0.3 is 0 Å². The summed E-state index contributed by atoms with van der Waals surface area (Å²) in [5.41, 5.74) is 0.605. The zero-order valence-electron chi connectivity index (χ0n) is 11.7. The van der Waals surface area contributed by atoms with E-state index < -0.39 is 0 Å². The van der Waals surface area contributed by atoms with E-state index in [9.17, 15) is 9.59 Å². The fraction of sp³-hybridized carbons (Fsp3) is 0.214. The number of anilines is 1. The van der Waals surface area contributed by atoms with E-state index in [0.717, 1.165) is 0 Å². The molecule has 0 saturated heterocycles. The number of hydrogen-bond donors (Lipinski definition) is 2. The van der Waals surface area contributed by atoms with E-state index >= 15 is 0 Å². The van der Waals surface area contributed by atoms with Crippen molar-refractivity contribution in [2.75, 3.05) is 11.9 Å². The van der Waals surface area contributed by atoms with Crippen molar-refractivity contribution in [1.29, 1.82) is 0 Å². The Labute approximate surface area is 127 Å². The van der Waals surface area contributed by atoms with Crippen molar-refractivity contribution in [3.63, 3.8) is 0 Å². The molecule has 0 fully saturated rings. The molecule has 2 amide bonds. The average Bonchev–Trinajstić information content (AvgIpc) is 2.81. The van der Waals surface area contributed by atoms with Crippen molar-refractivity contribution in [2.45, 2.75) is 6.92 Å². The summed E-state index contributed by atoms with van der Waals surface area (Å²) in [6, 6.07) is 8.25. The predicted molar refractivity (Wildman–Crippen MR) is 80.6 cm³/mol. The van der Waals surface area contributed by atoms with Gasteiger partial charge in [-0.3, -0.25) is 14.3 Å². The van der Waals surface area contributed by atoms with Crippen molar-refractivity contribution in [1.82, 2.24) is 15.1 Å². The molecule has 1 heterocycles. The lowest BCUT2D eigenvalue weighted by Gasteiger charge is -2.06. The maximum atomic E-state index is 12.2. The fourth-order valence-electron chi connectivity index (χ4n) is 1.78. The van der Waals surface area contributed by atoms with E-state index in [-0.39, 0.29) is 17.5 Å². The van der Waals surface area contributed by atoms with Crippen LogP contribution >= 0.6 is 11.6 Å². The average molecular weight is 307 g/mol. The molecule has 0 unspecified atom stereocenters. The molecule has 0 spiro atoms. The lowest BCUT2D eigenvalue weighted by molar-refractivity contribution is 0.0949. The van der Waals surface area contributed by atoms with Crippen LogP contribution in [0.5, 0.6) is 0 Å². The molecular weight excluding hydrogens is 292 g/mol. The second-order valence-corrected chi connectivity index (χ2v) is 4.74. The van der Waals surface area contributed by atoms with E-state index in [1.807, 2.05) is 6.92 Å². The third-order valence-electron chi connectivity index (χ3n) is 2.81. The monoisotopic (exact) mass is 306 g/mol. The van der Waals surface area contributed by atoms with Gasteiger partial charge in [0.05, 0.1) is 10.6 Å². The normalized spacial score (nSPS) is 10.2. The van der Waals surface area contributed by atoms with Crippen LogP contribution in [0.4, 0.5) is 5.82 Å². The smallest absolute Gasteiger partial charge is 0.271 e. The first-order valence-electron chi connectivity index (χ1n) is 6.41. The number of hydrogen-bond acceptors (Lipinski definition) is 3. The molecule has 2 aromatic rings. The highest BCUT2D eigenvalue weighted by atomic mass is 35.5. The van der Waals surface area contributed by atoms with Crippen molar-refractivity contribution in [3.05, 3.63) is 46.6 Å². The number of carbonyl (C=O) groups is 2. The van der Waals surface area contributed by atoms with Crippen LogP contribution in [0, 0.1) is 0 Å². The highest BCUT2D eigenvalue weighted by Gasteiger charge is 2.15. The third kappa shape index (κ3) is 3.41. The van der Waals surface area contributed by atoms with E-state index in [2.05, 4.69) is 15.7 Å². The predicted octanol–water partition coefficient (Wildman–Crippen LogP) is 2.08. The fourth-order valence-corrected chi connectivity index (χ4v) is 2.00. The molecule has 21 heavy (non-hydrogen) atoms. The lowest BCUT2D eigenvalue weighted by atomic mass is 10.2. The number of nitrogens with zero attached hydrogens (tertiary/aromatic N) is 2. The van der Waals surface area contributed by atoms with E-state index in [1.54, 1.807) is 31.3 Å². The Morgan fingerprint density at radius 2 is 2.00 bits per heavy atom. The maximum Gasteiger partial charge on any atom is 0.271 e. The molecule has 0 atom stereocenters. The molecule has 0 saturated carbocycles. The first-order chi connectivity index (χ1) is 10.0. The van der Waals surface area contributed by atoms with Gasteiger partial charge < -0.3 is 10.6 Å². The Morgan fingerprint density at radius 3 is 2.67 bits per heavy atom. The van der Waals surface area contributed by atoms with E-state index in [4.69, 9.17) is 11.6 Å². The largest absolute Gasteiger partial charge is 0.351 e. The Balaban J connectivity index is 2.19. The van der Waals surface area contributed by atoms with Crippen LogP contribution in [0.1, 0.15) is 27.8 Å². The van der Waals surface area contributed by atoms with Crippen LogP contribution in [0.15, 0.2) is 30.3 Å². The SMILES string of the molecule is CCNC(=O)c1cc(NC(=O)c2ccccc2Cl)n(C)n1. The van der Waals surface area contributed by atoms with Gasteiger partial charge in [-0.2, -0.15) is 5.10 Å². The van der Waals surface area contributed by atoms with Crippen LogP contribution in [-0.2, 0) is 7.05 Å². The lowest BCUT2D eigenvalue weighted by Crippen LogP contribution is -2.23. The number of benzene rings is 1. The number of amides is 2. The van der Waals surface area contributed by atoms with Crippen molar-refractivity contribution in [2.24, 2.45) is 7.05 Å². The highest BCUT2D eigenvalue weighted by Crippen LogP contribution is 2.17. The van der Waals surface area contributed by atoms with Crippen molar-refractivity contribution < 1.29 is 9.59 Å². The minimum absolute atomic E-state index is 0.244. The van der Waals surface area contributed by atoms with E-state index in [0.29, 0.717) is 22.9 Å². The van der Waals surface area contributed by atoms with Crippen molar-refractivity contribution in [3.8, 4) is 0 Å². The third-order valence-corrected chi connectivity index (χ3v) is 3.14. The molecule has 110 valence electrons. The number of carbonyl (C=O) groups excluding carboxylic acids is 2. The van der Waals surface area contributed by atoms with Crippen molar-refractivity contribution >= 4 is 29.2 Å². The Bertz CT molecular complexity index is 681. The molecular formula is C14H15ClN4O2. The standard InChI is InChI=1S/C14H15ClN4O2/c1-3-16-14(21)11-8-12(19(2)18-11)17-13(20)9-6-4-5-7-10(9)15/h4-8H,3H2,1-2H3,(H,16,21)(H,17,20). The number of rotatable bonds is 4. The van der Waals surface area contributed by atoms with Crippen LogP contribution in [0.2, 0.25) is 5.02 Å². The Hall–Kier alpha value is -2.34. The molecule has 1 aromatic carbocycles. The molecule has 7 heteroatoms. The van der Waals surface area contributed by atoms with Crippen LogP contribution in [0.3, 0.4) is 0 Å². The summed E-state index contributed by atoms with van der Waals surface area (Å²) in [5.74, 6) is -0.224. The summed E-state index contributed by atoms with van der Waals surface area (Å²) in [6.45, 7) is 2.33. The summed E-state index contributed by atoms with van der Waals surface area (Å²) in [6.07, 6.45) is 0. The van der Waals surface area contributed by atoms with Gasteiger partial charge in [0.2, 0.25) is 0 Å². The van der Waals surface area contributed by atoms with Gasteiger partial charge in [-0.25, -0.2) is 0 Å². The maximum absolute atomic E-state index is 12.2. The zero-order valence-corrected chi connectivity index (χ0v) is 12.4. The zero-order chi connectivity index (χ0) is 15.4. The van der Waals surface area contributed by atoms with Gasteiger partial charge in [0.25, 0.3) is 11.8 Å². The van der Waals surface area contributed by atoms with Gasteiger partial charge in [0.15, 0.2) is 5.69 Å². The van der Waals surface area contributed by atoms with E-state index in [1.165, 1.54) is 10.7 Å². The summed E-state index contributed by atoms with van der Waals surface area (Å²) < 4.78 is 1.43. The summed E-state index contributed by atoms with van der Waals surface area (Å²) in [7, 11) is 1.64. The Morgan fingerprint density at radius 1 is 1.29 bits per heavy atom. The van der Waals surface area contributed by atoms with Gasteiger partial charge in [0, 0.05) is 19.7 Å². The first-order valence-corrected chi connectivity index (χ1v) is 6.78. The van der Waals surface area contributed by atoms with Crippen LogP contribution in [0.25, 0.3) is 0 Å². The topological polar surface area (TPSA) is 76.0 Å². The van der Waals surface area contributed by atoms with Gasteiger partial charge in [0.1, 0.15) is 5.82 Å². The molecule has 0 radical (unpaired) electrons. The molecule has 0 aliphatic heterocycles. The summed E-state index contributed by atoms with van der Waals surface area (Å²) in [5, 5.41) is 9.75. The molecule has 6 nitrogen and oxygen atoms in total. The quantitative estimate of drug-likeness (QED) is 0.908. The molecule has 0 aliphatic rings. The highest BCUT2D eigenvalue weighted by molar-refractivity contribution is 6.34. The minimum Gasteiger partial charge on any atom is -0.351 e. The summed E-state index contributed by atoms with van der Waals surface area (Å²) in [4.78, 5) is 23.9. The summed E-state index contributed by atoms with van der Waals surface area (Å²) >= 11 is 5.97. The number of aromatic nitrogens is 2. The second kappa shape index (κ2) is 6.41. The second-order valence-electron chi connectivity index (χ2n) is 4.33. The first kappa shape index (κ1) is 15.1. The molecule has 2 rings (SSSR count). The minimum atomic E-state index is -0.356. The molecule has 2 N–H and O–H groups in total. The number of nitrogens with one attached hydrogen (secondary N) is 2. The molecule has 0 bridgehead atoms. The molecule has 0 aliphatic carbocycles. The van der Waals surface area contributed by atoms with Gasteiger partial charge in [-0.05, 0) is 19.1 Å². The molecule has 1 aromatic heterocycles. The van der Waals surface area contributed by atoms with Gasteiger partial charge in [-0.15, -0.1) is 0 Å². The number of aryl methyl sites for hydroxylation is 1. The number of halogens is 1. The van der Waals surface area contributed by atoms with Gasteiger partial charge in [-0.1, -0.05) is 23.7 Å². The van der Waals surface area contributed by atoms with Crippen LogP contribution < -0.4 is 10.6 Å². The van der Waals surface area contributed by atoms with Crippen LogP contribution in [-0.4, -0.2) is 28.1 Å².